The molecular formula is C24H20F2N6O4. The van der Waals surface area contributed by atoms with Gasteiger partial charge >= 0.3 is 5.97 Å². The first-order valence-electron chi connectivity index (χ1n) is 11.1. The SMILES string of the molecule is O=C(O)c1ccc(-n2cc(NC(=O)c3coc(-c4ccnc(NCC5CC5)c4)n3)c(C(F)F)n2)cc1. The number of halogens is 2. The Bertz CT molecular complexity index is 1410. The molecule has 1 saturated carbocycles. The Hall–Kier alpha value is -4.61. The van der Waals surface area contributed by atoms with E-state index in [1.165, 1.54) is 43.3 Å². The highest BCUT2D eigenvalue weighted by Crippen LogP contribution is 2.30. The molecule has 1 aromatic carbocycles. The second-order valence-electron chi connectivity index (χ2n) is 8.27. The third-order valence-corrected chi connectivity index (χ3v) is 5.59. The average Bonchev–Trinajstić information content (AvgIpc) is 3.39. The second kappa shape index (κ2) is 9.56. The van der Waals surface area contributed by atoms with Gasteiger partial charge in [-0.15, -0.1) is 0 Å². The molecule has 0 aliphatic heterocycles. The van der Waals surface area contributed by atoms with Crippen LogP contribution in [0, 0.1) is 5.92 Å². The van der Waals surface area contributed by atoms with Crippen LogP contribution in [0.5, 0.6) is 0 Å². The molecule has 0 spiro atoms. The number of carboxylic acid groups (broad SMARTS) is 1. The van der Waals surface area contributed by atoms with Crippen molar-refractivity contribution in [2.75, 3.05) is 17.2 Å². The number of aromatic nitrogens is 4. The average molecular weight is 494 g/mol. The lowest BCUT2D eigenvalue weighted by Gasteiger charge is -2.04. The minimum absolute atomic E-state index is 0.0374. The number of rotatable bonds is 9. The van der Waals surface area contributed by atoms with Gasteiger partial charge in [0.1, 0.15) is 12.1 Å². The topological polar surface area (TPSA) is 135 Å². The van der Waals surface area contributed by atoms with Crippen molar-refractivity contribution in [1.29, 1.82) is 0 Å². The van der Waals surface area contributed by atoms with E-state index in [1.54, 1.807) is 18.3 Å². The smallest absolute Gasteiger partial charge is 0.335 e. The van der Waals surface area contributed by atoms with Crippen molar-refractivity contribution in [3.8, 4) is 17.1 Å². The van der Waals surface area contributed by atoms with Crippen LogP contribution >= 0.6 is 0 Å². The van der Waals surface area contributed by atoms with Crippen molar-refractivity contribution in [3.63, 3.8) is 0 Å². The highest BCUT2D eigenvalue weighted by atomic mass is 19.3. The quantitative estimate of drug-likeness (QED) is 0.306. The molecule has 4 aromatic rings. The number of carbonyl (C=O) groups is 2. The molecule has 3 aromatic heterocycles. The summed E-state index contributed by atoms with van der Waals surface area (Å²) in [6.07, 6.45) is 3.39. The van der Waals surface area contributed by atoms with Crippen molar-refractivity contribution < 1.29 is 27.9 Å². The molecule has 0 atom stereocenters. The van der Waals surface area contributed by atoms with Crippen molar-refractivity contribution >= 4 is 23.4 Å². The Morgan fingerprint density at radius 3 is 2.67 bits per heavy atom. The number of nitrogens with zero attached hydrogens (tertiary/aromatic N) is 4. The summed E-state index contributed by atoms with van der Waals surface area (Å²) in [5.41, 5.74) is 0.0267. The standard InChI is InChI=1S/C24H20F2N6O4/c25-21(26)20-17(11-32(31-20)16-5-3-14(4-6-16)24(34)35)29-22(33)18-12-36-23(30-18)15-7-8-27-19(9-15)28-10-13-1-2-13/h3-9,11-13,21H,1-2,10H2,(H,27,28)(H,29,33)(H,34,35). The summed E-state index contributed by atoms with van der Waals surface area (Å²) in [7, 11) is 0. The van der Waals surface area contributed by atoms with Crippen molar-refractivity contribution in [2.24, 2.45) is 5.92 Å². The van der Waals surface area contributed by atoms with Gasteiger partial charge in [-0.05, 0) is 55.2 Å². The van der Waals surface area contributed by atoms with Crippen LogP contribution in [0.25, 0.3) is 17.1 Å². The molecule has 12 heteroatoms. The molecule has 0 bridgehead atoms. The molecule has 0 radical (unpaired) electrons. The maximum absolute atomic E-state index is 13.6. The number of benzene rings is 1. The first kappa shape index (κ1) is 23.1. The van der Waals surface area contributed by atoms with Gasteiger partial charge in [0.25, 0.3) is 12.3 Å². The summed E-state index contributed by atoms with van der Waals surface area (Å²) in [4.78, 5) is 32.2. The fourth-order valence-corrected chi connectivity index (χ4v) is 3.46. The number of carboxylic acids is 1. The Balaban J connectivity index is 1.33. The van der Waals surface area contributed by atoms with E-state index < -0.39 is 24.0 Å². The van der Waals surface area contributed by atoms with Crippen molar-refractivity contribution in [3.05, 3.63) is 72.0 Å². The van der Waals surface area contributed by atoms with E-state index in [4.69, 9.17) is 9.52 Å². The summed E-state index contributed by atoms with van der Waals surface area (Å²) in [6.45, 7) is 0.833. The Labute approximate surface area is 203 Å². The minimum atomic E-state index is -2.97. The number of alkyl halides is 2. The molecule has 0 saturated heterocycles. The van der Waals surface area contributed by atoms with Crippen LogP contribution in [0.3, 0.4) is 0 Å². The number of amides is 1. The minimum Gasteiger partial charge on any atom is -0.478 e. The number of hydrogen-bond donors (Lipinski definition) is 3. The van der Waals surface area contributed by atoms with E-state index in [2.05, 4.69) is 25.7 Å². The van der Waals surface area contributed by atoms with Crippen LogP contribution in [0.1, 0.15) is 45.8 Å². The molecule has 3 heterocycles. The molecule has 1 aliphatic carbocycles. The van der Waals surface area contributed by atoms with Crippen LogP contribution in [-0.4, -0.2) is 43.3 Å². The van der Waals surface area contributed by atoms with E-state index in [0.29, 0.717) is 23.0 Å². The van der Waals surface area contributed by atoms with Gasteiger partial charge in [-0.25, -0.2) is 28.2 Å². The second-order valence-corrected chi connectivity index (χ2v) is 8.27. The molecular weight excluding hydrogens is 474 g/mol. The molecule has 3 N–H and O–H groups in total. The molecule has 184 valence electrons. The number of anilines is 2. The lowest BCUT2D eigenvalue weighted by Crippen LogP contribution is -2.13. The summed E-state index contributed by atoms with van der Waals surface area (Å²) < 4.78 is 33.8. The zero-order chi connectivity index (χ0) is 25.2. The number of oxazole rings is 1. The van der Waals surface area contributed by atoms with Gasteiger partial charge < -0.3 is 20.2 Å². The summed E-state index contributed by atoms with van der Waals surface area (Å²) >= 11 is 0. The lowest BCUT2D eigenvalue weighted by atomic mass is 10.2. The fraction of sp³-hybridized carbons (Fsp3) is 0.208. The van der Waals surface area contributed by atoms with Gasteiger partial charge in [-0.2, -0.15) is 5.10 Å². The third-order valence-electron chi connectivity index (χ3n) is 5.59. The van der Waals surface area contributed by atoms with Crippen molar-refractivity contribution in [2.45, 2.75) is 19.3 Å². The van der Waals surface area contributed by atoms with Gasteiger partial charge in [0.15, 0.2) is 11.4 Å². The Kier molecular flexibility index (Phi) is 6.15. The maximum atomic E-state index is 13.6. The number of aromatic carboxylic acids is 1. The lowest BCUT2D eigenvalue weighted by molar-refractivity contribution is 0.0696. The van der Waals surface area contributed by atoms with Gasteiger partial charge in [0, 0.05) is 18.3 Å². The zero-order valence-corrected chi connectivity index (χ0v) is 18.7. The predicted octanol–water partition coefficient (Wildman–Crippen LogP) is 4.63. The van der Waals surface area contributed by atoms with Crippen LogP contribution in [-0.2, 0) is 0 Å². The Morgan fingerprint density at radius 2 is 1.97 bits per heavy atom. The summed E-state index contributed by atoms with van der Waals surface area (Å²) in [5, 5.41) is 18.5. The van der Waals surface area contributed by atoms with Crippen LogP contribution in [0.4, 0.5) is 20.3 Å². The third kappa shape index (κ3) is 5.06. The molecule has 0 unspecified atom stereocenters. The zero-order valence-electron chi connectivity index (χ0n) is 18.7. The van der Waals surface area contributed by atoms with Crippen LogP contribution in [0.2, 0.25) is 0 Å². The van der Waals surface area contributed by atoms with Gasteiger partial charge in [0.05, 0.1) is 23.1 Å². The molecule has 1 amide bonds. The van der Waals surface area contributed by atoms with Gasteiger partial charge in [-0.1, -0.05) is 0 Å². The first-order chi connectivity index (χ1) is 17.4. The number of nitrogens with one attached hydrogen (secondary N) is 2. The van der Waals surface area contributed by atoms with Crippen LogP contribution in [0.15, 0.2) is 59.5 Å². The highest BCUT2D eigenvalue weighted by Gasteiger charge is 2.23. The molecule has 5 rings (SSSR count). The van der Waals surface area contributed by atoms with E-state index >= 15 is 0 Å². The molecule has 10 nitrogen and oxygen atoms in total. The van der Waals surface area contributed by atoms with Gasteiger partial charge in [-0.3, -0.25) is 4.79 Å². The molecule has 36 heavy (non-hydrogen) atoms. The highest BCUT2D eigenvalue weighted by molar-refractivity contribution is 6.03. The number of pyridine rings is 1. The monoisotopic (exact) mass is 494 g/mol. The molecule has 1 aliphatic rings. The normalized spacial score (nSPS) is 13.1. The largest absolute Gasteiger partial charge is 0.478 e. The molecule has 1 fully saturated rings. The van der Waals surface area contributed by atoms with Gasteiger partial charge in [0.2, 0.25) is 5.89 Å². The summed E-state index contributed by atoms with van der Waals surface area (Å²) in [6, 6.07) is 8.92. The van der Waals surface area contributed by atoms with E-state index in [9.17, 15) is 18.4 Å². The predicted molar refractivity (Wildman–Crippen MR) is 124 cm³/mol. The van der Waals surface area contributed by atoms with Crippen LogP contribution < -0.4 is 10.6 Å². The Morgan fingerprint density at radius 1 is 1.19 bits per heavy atom. The maximum Gasteiger partial charge on any atom is 0.335 e. The number of hydrogen-bond acceptors (Lipinski definition) is 7. The first-order valence-corrected chi connectivity index (χ1v) is 11.1. The van der Waals surface area contributed by atoms with E-state index in [-0.39, 0.29) is 22.8 Å². The van der Waals surface area contributed by atoms with E-state index in [1.807, 2.05) is 0 Å². The fourth-order valence-electron chi connectivity index (χ4n) is 3.46. The van der Waals surface area contributed by atoms with E-state index in [0.717, 1.165) is 17.5 Å². The number of carbonyl (C=O) groups excluding carboxylic acids is 1. The summed E-state index contributed by atoms with van der Waals surface area (Å²) in [5.74, 6) is -0.366. The van der Waals surface area contributed by atoms with Crippen molar-refractivity contribution in [1.82, 2.24) is 19.7 Å².